The fraction of sp³-hybridized carbons (Fsp3) is 0.579. The Morgan fingerprint density at radius 2 is 2.08 bits per heavy atom. The maximum Gasteiger partial charge on any atom is 0.317 e. The molecule has 1 heterocycles. The Labute approximate surface area is 149 Å². The van der Waals surface area contributed by atoms with E-state index < -0.39 is 11.9 Å². The second-order valence-corrected chi connectivity index (χ2v) is 6.45. The number of hydrogen-bond donors (Lipinski definition) is 2. The molecule has 1 saturated heterocycles. The van der Waals surface area contributed by atoms with E-state index in [1.165, 1.54) is 0 Å². The smallest absolute Gasteiger partial charge is 0.317 e. The van der Waals surface area contributed by atoms with Crippen molar-refractivity contribution >= 4 is 12.0 Å². The number of amides is 2. The Morgan fingerprint density at radius 3 is 2.76 bits per heavy atom. The molecular formula is C19H28N2O4. The van der Waals surface area contributed by atoms with Gasteiger partial charge >= 0.3 is 12.0 Å². The number of carbonyl (C=O) groups excluding carboxylic acids is 1. The van der Waals surface area contributed by atoms with E-state index >= 15 is 0 Å². The van der Waals surface area contributed by atoms with Gasteiger partial charge in [0.1, 0.15) is 5.75 Å². The predicted molar refractivity (Wildman–Crippen MR) is 95.9 cm³/mol. The first-order chi connectivity index (χ1) is 12.1. The van der Waals surface area contributed by atoms with Crippen LogP contribution in [0.5, 0.6) is 5.75 Å². The predicted octanol–water partition coefficient (Wildman–Crippen LogP) is 2.91. The van der Waals surface area contributed by atoms with E-state index in [0.717, 1.165) is 43.6 Å². The van der Waals surface area contributed by atoms with Crippen molar-refractivity contribution in [2.24, 2.45) is 5.92 Å². The van der Waals surface area contributed by atoms with E-state index in [1.807, 2.05) is 24.3 Å². The first-order valence-electron chi connectivity index (χ1n) is 9.07. The molecule has 1 aromatic carbocycles. The van der Waals surface area contributed by atoms with Crippen molar-refractivity contribution in [2.75, 3.05) is 26.2 Å². The minimum Gasteiger partial charge on any atom is -0.494 e. The van der Waals surface area contributed by atoms with Crippen molar-refractivity contribution < 1.29 is 19.4 Å². The number of urea groups is 1. The summed E-state index contributed by atoms with van der Waals surface area (Å²) in [4.78, 5) is 24.8. The number of carboxylic acid groups (broad SMARTS) is 1. The molecule has 1 unspecified atom stereocenters. The number of ether oxygens (including phenoxy) is 1. The third kappa shape index (κ3) is 6.29. The van der Waals surface area contributed by atoms with Gasteiger partial charge in [0.25, 0.3) is 0 Å². The van der Waals surface area contributed by atoms with Crippen LogP contribution >= 0.6 is 0 Å². The zero-order chi connectivity index (χ0) is 18.1. The van der Waals surface area contributed by atoms with E-state index in [0.29, 0.717) is 26.1 Å². The van der Waals surface area contributed by atoms with Gasteiger partial charge < -0.3 is 20.1 Å². The maximum absolute atomic E-state index is 12.2. The molecule has 0 aromatic heterocycles. The van der Waals surface area contributed by atoms with Crippen molar-refractivity contribution in [2.45, 2.75) is 39.0 Å². The van der Waals surface area contributed by atoms with Crippen LogP contribution < -0.4 is 10.1 Å². The Bertz CT molecular complexity index is 559. The highest BCUT2D eigenvalue weighted by molar-refractivity contribution is 5.76. The molecule has 2 amide bonds. The molecule has 25 heavy (non-hydrogen) atoms. The van der Waals surface area contributed by atoms with Crippen LogP contribution in [0.3, 0.4) is 0 Å². The number of unbranched alkanes of at least 4 members (excludes halogenated alkanes) is 1. The standard InChI is InChI=1S/C19H28N2O4/c1-2-3-13-25-17-8-6-15(7-9-17)10-11-20-19(24)21-12-4-5-16(14-21)18(22)23/h6-9,16H,2-5,10-14H2,1H3,(H,20,24)(H,22,23). The van der Waals surface area contributed by atoms with Crippen LogP contribution in [-0.2, 0) is 11.2 Å². The van der Waals surface area contributed by atoms with Crippen LogP contribution in [0.2, 0.25) is 0 Å². The molecule has 0 radical (unpaired) electrons. The monoisotopic (exact) mass is 348 g/mol. The van der Waals surface area contributed by atoms with E-state index in [9.17, 15) is 9.59 Å². The van der Waals surface area contributed by atoms with Gasteiger partial charge in [-0.2, -0.15) is 0 Å². The van der Waals surface area contributed by atoms with Crippen molar-refractivity contribution in [3.8, 4) is 5.75 Å². The summed E-state index contributed by atoms with van der Waals surface area (Å²) in [6.45, 7) is 4.32. The third-order valence-corrected chi connectivity index (χ3v) is 4.44. The lowest BCUT2D eigenvalue weighted by Crippen LogP contribution is -2.47. The van der Waals surface area contributed by atoms with Gasteiger partial charge in [0, 0.05) is 19.6 Å². The molecule has 0 bridgehead atoms. The van der Waals surface area contributed by atoms with Gasteiger partial charge in [0.15, 0.2) is 0 Å². The SMILES string of the molecule is CCCCOc1ccc(CCNC(=O)N2CCCC(C(=O)O)C2)cc1. The minimum atomic E-state index is -0.821. The molecule has 138 valence electrons. The number of nitrogens with one attached hydrogen (secondary N) is 1. The number of hydrogen-bond acceptors (Lipinski definition) is 3. The van der Waals surface area contributed by atoms with Crippen LogP contribution in [0.15, 0.2) is 24.3 Å². The molecule has 2 rings (SSSR count). The van der Waals surface area contributed by atoms with Crippen molar-refractivity contribution in [1.82, 2.24) is 10.2 Å². The summed E-state index contributed by atoms with van der Waals surface area (Å²) in [7, 11) is 0. The molecule has 0 aliphatic carbocycles. The molecule has 2 N–H and O–H groups in total. The van der Waals surface area contributed by atoms with E-state index in [1.54, 1.807) is 4.90 Å². The number of aliphatic carboxylic acids is 1. The van der Waals surface area contributed by atoms with Crippen LogP contribution in [0.25, 0.3) is 0 Å². The van der Waals surface area contributed by atoms with E-state index in [2.05, 4.69) is 12.2 Å². The number of benzene rings is 1. The highest BCUT2D eigenvalue weighted by atomic mass is 16.5. The van der Waals surface area contributed by atoms with E-state index in [-0.39, 0.29) is 6.03 Å². The van der Waals surface area contributed by atoms with Crippen molar-refractivity contribution in [1.29, 1.82) is 0 Å². The van der Waals surface area contributed by atoms with E-state index in [4.69, 9.17) is 9.84 Å². The maximum atomic E-state index is 12.2. The zero-order valence-electron chi connectivity index (χ0n) is 14.9. The summed E-state index contributed by atoms with van der Waals surface area (Å²) in [6.07, 6.45) is 4.28. The fourth-order valence-corrected chi connectivity index (χ4v) is 2.88. The number of carboxylic acids is 1. The highest BCUT2D eigenvalue weighted by Gasteiger charge is 2.27. The molecule has 1 aliphatic heterocycles. The summed E-state index contributed by atoms with van der Waals surface area (Å²) in [5.74, 6) is -0.396. The van der Waals surface area contributed by atoms with Crippen LogP contribution in [0.4, 0.5) is 4.79 Å². The Balaban J connectivity index is 1.71. The Morgan fingerprint density at radius 1 is 1.32 bits per heavy atom. The topological polar surface area (TPSA) is 78.9 Å². The van der Waals surface area contributed by atoms with Gasteiger partial charge in [0.05, 0.1) is 12.5 Å². The Kier molecular flexibility index (Phi) is 7.57. The zero-order valence-corrected chi connectivity index (χ0v) is 14.9. The summed E-state index contributed by atoms with van der Waals surface area (Å²) >= 11 is 0. The number of rotatable bonds is 8. The van der Waals surface area contributed by atoms with Crippen molar-refractivity contribution in [3.63, 3.8) is 0 Å². The summed E-state index contributed by atoms with van der Waals surface area (Å²) in [5.41, 5.74) is 1.13. The highest BCUT2D eigenvalue weighted by Crippen LogP contribution is 2.16. The van der Waals surface area contributed by atoms with Gasteiger partial charge in [-0.3, -0.25) is 4.79 Å². The second-order valence-electron chi connectivity index (χ2n) is 6.45. The lowest BCUT2D eigenvalue weighted by atomic mass is 9.99. The summed E-state index contributed by atoms with van der Waals surface area (Å²) in [6, 6.07) is 7.75. The third-order valence-electron chi connectivity index (χ3n) is 4.44. The molecule has 1 fully saturated rings. The van der Waals surface area contributed by atoms with Gasteiger partial charge in [0.2, 0.25) is 0 Å². The molecule has 0 saturated carbocycles. The van der Waals surface area contributed by atoms with Crippen LogP contribution in [0.1, 0.15) is 38.2 Å². The second kappa shape index (κ2) is 9.91. The first kappa shape index (κ1) is 19.1. The Hall–Kier alpha value is -2.24. The molecule has 6 heteroatoms. The van der Waals surface area contributed by atoms with Crippen molar-refractivity contribution in [3.05, 3.63) is 29.8 Å². The quantitative estimate of drug-likeness (QED) is 0.708. The lowest BCUT2D eigenvalue weighted by Gasteiger charge is -2.30. The number of nitrogens with zero attached hydrogens (tertiary/aromatic N) is 1. The van der Waals surface area contributed by atoms with Gasteiger partial charge in [-0.05, 0) is 43.4 Å². The normalized spacial score (nSPS) is 17.2. The number of likely N-dealkylation sites (tertiary alicyclic amines) is 1. The van der Waals surface area contributed by atoms with Gasteiger partial charge in [-0.1, -0.05) is 25.5 Å². The minimum absolute atomic E-state index is 0.175. The molecule has 0 spiro atoms. The van der Waals surface area contributed by atoms with Gasteiger partial charge in [-0.15, -0.1) is 0 Å². The van der Waals surface area contributed by atoms with Gasteiger partial charge in [-0.25, -0.2) is 4.79 Å². The number of piperidine rings is 1. The first-order valence-corrected chi connectivity index (χ1v) is 9.07. The van der Waals surface area contributed by atoms with Crippen LogP contribution in [-0.4, -0.2) is 48.2 Å². The lowest BCUT2D eigenvalue weighted by molar-refractivity contribution is -0.143. The molecule has 1 atom stereocenters. The largest absolute Gasteiger partial charge is 0.494 e. The molecular weight excluding hydrogens is 320 g/mol. The average Bonchev–Trinajstić information content (AvgIpc) is 2.63. The summed E-state index contributed by atoms with van der Waals surface area (Å²) in [5, 5.41) is 12.0. The molecule has 1 aliphatic rings. The fourth-order valence-electron chi connectivity index (χ4n) is 2.88. The number of carbonyl (C=O) groups is 2. The average molecular weight is 348 g/mol. The molecule has 1 aromatic rings. The van der Waals surface area contributed by atoms with Crippen LogP contribution in [0, 0.1) is 5.92 Å². The summed E-state index contributed by atoms with van der Waals surface area (Å²) < 4.78 is 5.63. The molecule has 6 nitrogen and oxygen atoms in total.